The Morgan fingerprint density at radius 2 is 1.64 bits per heavy atom. The molecule has 0 heterocycles. The first-order valence-corrected chi connectivity index (χ1v) is 6.28. The van der Waals surface area contributed by atoms with Gasteiger partial charge in [0.15, 0.2) is 0 Å². The minimum atomic E-state index is 0.786. The van der Waals surface area contributed by atoms with Gasteiger partial charge >= 0.3 is 0 Å². The van der Waals surface area contributed by atoms with Crippen molar-refractivity contribution in [1.82, 2.24) is 5.32 Å². The normalized spacial score (nSPS) is 33.6. The largest absolute Gasteiger partial charge is 0.316 e. The lowest BCUT2D eigenvalue weighted by Gasteiger charge is -2.31. The van der Waals surface area contributed by atoms with Gasteiger partial charge < -0.3 is 5.32 Å². The molecule has 0 aromatic carbocycles. The summed E-state index contributed by atoms with van der Waals surface area (Å²) in [5.41, 5.74) is 0. The maximum Gasteiger partial charge on any atom is -0.00202 e. The summed E-state index contributed by atoms with van der Waals surface area (Å²) < 4.78 is 0. The molecule has 0 aromatic rings. The molecule has 1 fully saturated rings. The maximum atomic E-state index is 3.60. The molecule has 1 nitrogen and oxygen atoms in total. The molecule has 0 spiro atoms. The van der Waals surface area contributed by atoms with Gasteiger partial charge in [-0.25, -0.2) is 0 Å². The molecule has 0 aliphatic heterocycles. The average Bonchev–Trinajstić information content (AvgIpc) is 2.01. The fraction of sp³-hybridized carbons (Fsp3) is 1.00. The second-order valence-corrected chi connectivity index (χ2v) is 5.84. The van der Waals surface area contributed by atoms with Gasteiger partial charge in [-0.15, -0.1) is 0 Å². The van der Waals surface area contributed by atoms with Crippen molar-refractivity contribution in [3.05, 3.63) is 0 Å². The zero-order valence-corrected chi connectivity index (χ0v) is 10.3. The van der Waals surface area contributed by atoms with Crippen LogP contribution in [-0.2, 0) is 0 Å². The van der Waals surface area contributed by atoms with Crippen LogP contribution in [0.5, 0.6) is 0 Å². The van der Waals surface area contributed by atoms with E-state index < -0.39 is 0 Å². The molecule has 1 saturated carbocycles. The summed E-state index contributed by atoms with van der Waals surface area (Å²) in [6.07, 6.45) is 4.32. The molecule has 1 aliphatic carbocycles. The first kappa shape index (κ1) is 12.0. The van der Waals surface area contributed by atoms with E-state index in [1.54, 1.807) is 0 Å². The van der Waals surface area contributed by atoms with Crippen molar-refractivity contribution in [3.63, 3.8) is 0 Å². The van der Waals surface area contributed by atoms with E-state index in [2.05, 4.69) is 33.0 Å². The van der Waals surface area contributed by atoms with Crippen LogP contribution >= 0.6 is 0 Å². The lowest BCUT2D eigenvalue weighted by molar-refractivity contribution is 0.213. The Hall–Kier alpha value is -0.0400. The van der Waals surface area contributed by atoms with Crippen LogP contribution in [0.4, 0.5) is 0 Å². The minimum Gasteiger partial charge on any atom is -0.316 e. The fourth-order valence-electron chi connectivity index (χ4n) is 2.86. The SMILES string of the molecule is CC(C)CNCC1CC(C)CC(C)C1. The Bertz CT molecular complexity index is 143. The number of nitrogens with one attached hydrogen (secondary N) is 1. The Kier molecular flexibility index (Phi) is 4.94. The summed E-state index contributed by atoms with van der Waals surface area (Å²) >= 11 is 0. The van der Waals surface area contributed by atoms with Gasteiger partial charge in [-0.3, -0.25) is 0 Å². The standard InChI is InChI=1S/C13H27N/c1-10(2)8-14-9-13-6-11(3)5-12(4)7-13/h10-14H,5-9H2,1-4H3. The highest BCUT2D eigenvalue weighted by molar-refractivity contribution is 4.76. The first-order valence-electron chi connectivity index (χ1n) is 6.28. The molecule has 14 heavy (non-hydrogen) atoms. The van der Waals surface area contributed by atoms with Crippen LogP contribution < -0.4 is 5.32 Å². The van der Waals surface area contributed by atoms with Gasteiger partial charge in [-0.05, 0) is 56.0 Å². The van der Waals surface area contributed by atoms with E-state index in [0.29, 0.717) is 0 Å². The lowest BCUT2D eigenvalue weighted by atomic mass is 9.77. The zero-order valence-electron chi connectivity index (χ0n) is 10.3. The van der Waals surface area contributed by atoms with Crippen LogP contribution in [0, 0.1) is 23.7 Å². The van der Waals surface area contributed by atoms with E-state index in [1.165, 1.54) is 32.4 Å². The minimum absolute atomic E-state index is 0.786. The van der Waals surface area contributed by atoms with Crippen molar-refractivity contribution in [2.24, 2.45) is 23.7 Å². The molecule has 0 bridgehead atoms. The summed E-state index contributed by atoms with van der Waals surface area (Å²) in [6.45, 7) is 11.8. The lowest BCUT2D eigenvalue weighted by Crippen LogP contribution is -2.31. The molecule has 0 radical (unpaired) electrons. The molecule has 84 valence electrons. The summed E-state index contributed by atoms with van der Waals surface area (Å²) in [7, 11) is 0. The van der Waals surface area contributed by atoms with E-state index in [9.17, 15) is 0 Å². The number of hydrogen-bond donors (Lipinski definition) is 1. The van der Waals surface area contributed by atoms with Crippen molar-refractivity contribution in [1.29, 1.82) is 0 Å². The first-order chi connectivity index (χ1) is 6.58. The molecule has 0 saturated heterocycles. The van der Waals surface area contributed by atoms with E-state index in [-0.39, 0.29) is 0 Å². The molecule has 1 N–H and O–H groups in total. The van der Waals surface area contributed by atoms with Crippen LogP contribution in [0.2, 0.25) is 0 Å². The monoisotopic (exact) mass is 197 g/mol. The molecule has 0 aromatic heterocycles. The van der Waals surface area contributed by atoms with Crippen LogP contribution in [0.25, 0.3) is 0 Å². The van der Waals surface area contributed by atoms with E-state index in [1.807, 2.05) is 0 Å². The molecule has 1 heteroatoms. The summed E-state index contributed by atoms with van der Waals surface area (Å²) in [6, 6.07) is 0. The second kappa shape index (κ2) is 5.75. The molecular formula is C13H27N. The summed E-state index contributed by atoms with van der Waals surface area (Å²) in [5, 5.41) is 3.60. The molecule has 1 aliphatic rings. The molecule has 0 amide bonds. The van der Waals surface area contributed by atoms with Gasteiger partial charge in [-0.2, -0.15) is 0 Å². The van der Waals surface area contributed by atoms with Gasteiger partial charge in [0.25, 0.3) is 0 Å². The Morgan fingerprint density at radius 3 is 2.14 bits per heavy atom. The predicted molar refractivity (Wildman–Crippen MR) is 63.4 cm³/mol. The van der Waals surface area contributed by atoms with Gasteiger partial charge in [0, 0.05) is 0 Å². The fourth-order valence-corrected chi connectivity index (χ4v) is 2.86. The highest BCUT2D eigenvalue weighted by Gasteiger charge is 2.23. The molecule has 1 rings (SSSR count). The third-order valence-corrected chi connectivity index (χ3v) is 3.26. The highest BCUT2D eigenvalue weighted by atomic mass is 14.9. The van der Waals surface area contributed by atoms with Gasteiger partial charge in [-0.1, -0.05) is 27.7 Å². The Labute approximate surface area is 89.7 Å². The quantitative estimate of drug-likeness (QED) is 0.729. The molecule has 2 atom stereocenters. The van der Waals surface area contributed by atoms with Gasteiger partial charge in [0.2, 0.25) is 0 Å². The van der Waals surface area contributed by atoms with Crippen molar-refractivity contribution in [2.45, 2.75) is 47.0 Å². The Morgan fingerprint density at radius 1 is 1.07 bits per heavy atom. The van der Waals surface area contributed by atoms with Crippen molar-refractivity contribution in [3.8, 4) is 0 Å². The van der Waals surface area contributed by atoms with E-state index >= 15 is 0 Å². The van der Waals surface area contributed by atoms with E-state index in [0.717, 1.165) is 23.7 Å². The van der Waals surface area contributed by atoms with Crippen LogP contribution in [0.1, 0.15) is 47.0 Å². The van der Waals surface area contributed by atoms with Gasteiger partial charge in [0.05, 0.1) is 0 Å². The van der Waals surface area contributed by atoms with Crippen LogP contribution in [0.15, 0.2) is 0 Å². The third-order valence-electron chi connectivity index (χ3n) is 3.26. The molecular weight excluding hydrogens is 170 g/mol. The average molecular weight is 197 g/mol. The van der Waals surface area contributed by atoms with Crippen molar-refractivity contribution < 1.29 is 0 Å². The Balaban J connectivity index is 2.17. The smallest absolute Gasteiger partial charge is 0.00202 e. The van der Waals surface area contributed by atoms with Gasteiger partial charge in [0.1, 0.15) is 0 Å². The number of rotatable bonds is 4. The van der Waals surface area contributed by atoms with E-state index in [4.69, 9.17) is 0 Å². The second-order valence-electron chi connectivity index (χ2n) is 5.84. The van der Waals surface area contributed by atoms with Crippen molar-refractivity contribution in [2.75, 3.05) is 13.1 Å². The zero-order chi connectivity index (χ0) is 10.6. The summed E-state index contributed by atoms with van der Waals surface area (Å²) in [4.78, 5) is 0. The number of hydrogen-bond acceptors (Lipinski definition) is 1. The highest BCUT2D eigenvalue weighted by Crippen LogP contribution is 2.32. The topological polar surface area (TPSA) is 12.0 Å². The van der Waals surface area contributed by atoms with Crippen LogP contribution in [0.3, 0.4) is 0 Å². The third kappa shape index (κ3) is 4.45. The maximum absolute atomic E-state index is 3.60. The molecule has 2 unspecified atom stereocenters. The summed E-state index contributed by atoms with van der Waals surface area (Å²) in [5.74, 6) is 3.62. The van der Waals surface area contributed by atoms with Crippen molar-refractivity contribution >= 4 is 0 Å². The predicted octanol–water partition coefficient (Wildman–Crippen LogP) is 3.30. The van der Waals surface area contributed by atoms with Crippen LogP contribution in [-0.4, -0.2) is 13.1 Å².